The fourth-order valence-electron chi connectivity index (χ4n) is 2.13. The van der Waals surface area contributed by atoms with E-state index in [4.69, 9.17) is 5.11 Å². The van der Waals surface area contributed by atoms with Gasteiger partial charge >= 0.3 is 6.03 Å². The maximum absolute atomic E-state index is 12.2. The van der Waals surface area contributed by atoms with Gasteiger partial charge in [0, 0.05) is 18.3 Å². The average Bonchev–Trinajstić information content (AvgIpc) is 2.85. The molecule has 0 spiro atoms. The molecule has 1 heterocycles. The van der Waals surface area contributed by atoms with Crippen LogP contribution in [0.15, 0.2) is 36.5 Å². The number of anilines is 1. The first kappa shape index (κ1) is 16.0. The number of benzene rings is 1. The van der Waals surface area contributed by atoms with Gasteiger partial charge in [0.25, 0.3) is 0 Å². The van der Waals surface area contributed by atoms with E-state index in [2.05, 4.69) is 15.7 Å². The Hall–Kier alpha value is -2.34. The van der Waals surface area contributed by atoms with Crippen LogP contribution in [0.4, 0.5) is 10.5 Å². The van der Waals surface area contributed by atoms with Crippen molar-refractivity contribution in [3.05, 3.63) is 42.2 Å². The van der Waals surface area contributed by atoms with Crippen LogP contribution in [0.2, 0.25) is 0 Å². The number of aliphatic hydroxyl groups excluding tert-OH is 1. The molecule has 1 aromatic heterocycles. The number of aromatic nitrogens is 2. The number of nitrogens with zero attached hydrogens (tertiary/aromatic N) is 2. The number of carbonyl (C=O) groups excluding carboxylic acids is 1. The topological polar surface area (TPSA) is 79.2 Å². The number of rotatable bonds is 5. The summed E-state index contributed by atoms with van der Waals surface area (Å²) in [5.41, 5.74) is 1.90. The van der Waals surface area contributed by atoms with Gasteiger partial charge in [-0.2, -0.15) is 5.10 Å². The molecule has 2 rings (SSSR count). The van der Waals surface area contributed by atoms with Crippen molar-refractivity contribution in [2.75, 3.05) is 11.9 Å². The van der Waals surface area contributed by atoms with E-state index < -0.39 is 5.54 Å². The van der Waals surface area contributed by atoms with Crippen molar-refractivity contribution < 1.29 is 9.90 Å². The van der Waals surface area contributed by atoms with Gasteiger partial charge in [-0.25, -0.2) is 9.48 Å². The van der Waals surface area contributed by atoms with Crippen LogP contribution < -0.4 is 10.6 Å². The highest BCUT2D eigenvalue weighted by Crippen LogP contribution is 2.19. The summed E-state index contributed by atoms with van der Waals surface area (Å²) in [5, 5.41) is 19.1. The number of urea groups is 1. The maximum Gasteiger partial charge on any atom is 0.319 e. The van der Waals surface area contributed by atoms with Gasteiger partial charge in [0.2, 0.25) is 0 Å². The highest BCUT2D eigenvalue weighted by Gasteiger charge is 2.20. The normalized spacial score (nSPS) is 11.3. The van der Waals surface area contributed by atoms with Crippen molar-refractivity contribution in [1.82, 2.24) is 15.1 Å². The minimum Gasteiger partial charge on any atom is -0.396 e. The Labute approximate surface area is 130 Å². The number of amides is 2. The van der Waals surface area contributed by atoms with Gasteiger partial charge < -0.3 is 15.7 Å². The lowest BCUT2D eigenvalue weighted by atomic mass is 10.0. The van der Waals surface area contributed by atoms with Crippen molar-refractivity contribution in [2.45, 2.75) is 32.7 Å². The molecule has 2 amide bonds. The standard InChI is InChI=1S/C16H22N4O2/c1-12-8-10-20(19-12)14-7-5-4-6-13(14)17-15(22)18-16(2,3)9-11-21/h4-8,10,21H,9,11H2,1-3H3,(H2,17,18,22). The molecule has 0 aliphatic heterocycles. The Balaban J connectivity index is 2.15. The Bertz CT molecular complexity index is 649. The second kappa shape index (κ2) is 6.62. The van der Waals surface area contributed by atoms with Crippen LogP contribution in [0.5, 0.6) is 0 Å². The van der Waals surface area contributed by atoms with Crippen molar-refractivity contribution in [3.63, 3.8) is 0 Å². The summed E-state index contributed by atoms with van der Waals surface area (Å²) in [5.74, 6) is 0. The molecule has 6 heteroatoms. The number of para-hydroxylation sites is 2. The zero-order valence-electron chi connectivity index (χ0n) is 13.1. The molecule has 2 aromatic rings. The van der Waals surface area contributed by atoms with Crippen LogP contribution in [0.3, 0.4) is 0 Å². The molecular formula is C16H22N4O2. The van der Waals surface area contributed by atoms with Gasteiger partial charge in [-0.05, 0) is 45.4 Å². The van der Waals surface area contributed by atoms with E-state index in [1.165, 1.54) is 0 Å². The molecule has 0 saturated carbocycles. The van der Waals surface area contributed by atoms with E-state index in [0.717, 1.165) is 11.4 Å². The Morgan fingerprint density at radius 3 is 2.68 bits per heavy atom. The van der Waals surface area contributed by atoms with Crippen LogP contribution in [0.25, 0.3) is 5.69 Å². The first-order valence-electron chi connectivity index (χ1n) is 7.23. The number of aryl methyl sites for hydroxylation is 1. The third-order valence-electron chi connectivity index (χ3n) is 3.31. The predicted octanol–water partition coefficient (Wildman–Crippen LogP) is 2.46. The summed E-state index contributed by atoms with van der Waals surface area (Å²) in [6.45, 7) is 5.67. The summed E-state index contributed by atoms with van der Waals surface area (Å²) in [6, 6.07) is 9.06. The van der Waals surface area contributed by atoms with Gasteiger partial charge in [0.1, 0.15) is 0 Å². The third kappa shape index (κ3) is 4.08. The third-order valence-corrected chi connectivity index (χ3v) is 3.31. The van der Waals surface area contributed by atoms with Gasteiger partial charge in [-0.3, -0.25) is 0 Å². The Kier molecular flexibility index (Phi) is 4.82. The molecule has 0 atom stereocenters. The number of nitrogens with one attached hydrogen (secondary N) is 2. The highest BCUT2D eigenvalue weighted by molar-refractivity contribution is 5.91. The lowest BCUT2D eigenvalue weighted by Crippen LogP contribution is -2.46. The molecule has 1 aromatic carbocycles. The summed E-state index contributed by atoms with van der Waals surface area (Å²) in [6.07, 6.45) is 2.34. The van der Waals surface area contributed by atoms with Gasteiger partial charge in [0.15, 0.2) is 0 Å². The Morgan fingerprint density at radius 1 is 1.32 bits per heavy atom. The molecular weight excluding hydrogens is 280 g/mol. The molecule has 0 aliphatic carbocycles. The van der Waals surface area contributed by atoms with Crippen molar-refractivity contribution in [1.29, 1.82) is 0 Å². The van der Waals surface area contributed by atoms with E-state index >= 15 is 0 Å². The first-order chi connectivity index (χ1) is 10.4. The largest absolute Gasteiger partial charge is 0.396 e. The van der Waals surface area contributed by atoms with Crippen molar-refractivity contribution in [3.8, 4) is 5.69 Å². The lowest BCUT2D eigenvalue weighted by molar-refractivity contribution is 0.218. The second-order valence-corrected chi connectivity index (χ2v) is 5.86. The summed E-state index contributed by atoms with van der Waals surface area (Å²) in [7, 11) is 0. The maximum atomic E-state index is 12.2. The van der Waals surface area contributed by atoms with Gasteiger partial charge in [0.05, 0.1) is 17.1 Å². The van der Waals surface area contributed by atoms with Crippen LogP contribution in [0.1, 0.15) is 26.0 Å². The van der Waals surface area contributed by atoms with E-state index in [1.807, 2.05) is 57.3 Å². The lowest BCUT2D eigenvalue weighted by Gasteiger charge is -2.25. The summed E-state index contributed by atoms with van der Waals surface area (Å²) < 4.78 is 1.73. The molecule has 0 aliphatic rings. The number of aliphatic hydroxyl groups is 1. The fraction of sp³-hybridized carbons (Fsp3) is 0.375. The van der Waals surface area contributed by atoms with Crippen LogP contribution in [-0.2, 0) is 0 Å². The number of hydrogen-bond acceptors (Lipinski definition) is 3. The molecule has 6 nitrogen and oxygen atoms in total. The fourth-order valence-corrected chi connectivity index (χ4v) is 2.13. The summed E-state index contributed by atoms with van der Waals surface area (Å²) in [4.78, 5) is 12.2. The quantitative estimate of drug-likeness (QED) is 0.794. The van der Waals surface area contributed by atoms with Gasteiger partial charge in [-0.1, -0.05) is 12.1 Å². The predicted molar refractivity (Wildman–Crippen MR) is 86.2 cm³/mol. The smallest absolute Gasteiger partial charge is 0.319 e. The molecule has 0 radical (unpaired) electrons. The van der Waals surface area contributed by atoms with Crippen LogP contribution >= 0.6 is 0 Å². The number of carbonyl (C=O) groups is 1. The monoisotopic (exact) mass is 302 g/mol. The van der Waals surface area contributed by atoms with Gasteiger partial charge in [-0.15, -0.1) is 0 Å². The van der Waals surface area contributed by atoms with E-state index in [1.54, 1.807) is 4.68 Å². The SMILES string of the molecule is Cc1ccn(-c2ccccc2NC(=O)NC(C)(C)CCO)n1. The highest BCUT2D eigenvalue weighted by atomic mass is 16.3. The zero-order valence-corrected chi connectivity index (χ0v) is 13.1. The van der Waals surface area contributed by atoms with Crippen LogP contribution in [-0.4, -0.2) is 33.1 Å². The molecule has 0 unspecified atom stereocenters. The molecule has 0 fully saturated rings. The van der Waals surface area contributed by atoms with Crippen LogP contribution in [0, 0.1) is 6.92 Å². The Morgan fingerprint density at radius 2 is 2.05 bits per heavy atom. The molecule has 118 valence electrons. The van der Waals surface area contributed by atoms with Crippen molar-refractivity contribution in [2.24, 2.45) is 0 Å². The molecule has 0 saturated heterocycles. The minimum absolute atomic E-state index is 0.0242. The summed E-state index contributed by atoms with van der Waals surface area (Å²) >= 11 is 0. The zero-order chi connectivity index (χ0) is 16.2. The first-order valence-corrected chi connectivity index (χ1v) is 7.23. The molecule has 0 bridgehead atoms. The number of hydrogen-bond donors (Lipinski definition) is 3. The van der Waals surface area contributed by atoms with E-state index in [9.17, 15) is 4.79 Å². The van der Waals surface area contributed by atoms with E-state index in [0.29, 0.717) is 12.1 Å². The minimum atomic E-state index is -0.476. The average molecular weight is 302 g/mol. The second-order valence-electron chi connectivity index (χ2n) is 5.86. The molecule has 3 N–H and O–H groups in total. The molecule has 22 heavy (non-hydrogen) atoms. The van der Waals surface area contributed by atoms with E-state index in [-0.39, 0.29) is 12.6 Å². The van der Waals surface area contributed by atoms with Crippen molar-refractivity contribution >= 4 is 11.7 Å².